The smallest absolute Gasteiger partial charge is 0.236 e. The van der Waals surface area contributed by atoms with E-state index in [9.17, 15) is 18.0 Å². The van der Waals surface area contributed by atoms with Gasteiger partial charge in [-0.3, -0.25) is 9.69 Å². The lowest BCUT2D eigenvalue weighted by Crippen LogP contribution is -2.50. The van der Waals surface area contributed by atoms with Crippen LogP contribution < -0.4 is 15.4 Å². The Morgan fingerprint density at radius 2 is 1.90 bits per heavy atom. The second kappa shape index (κ2) is 12.9. The third-order valence-corrected chi connectivity index (χ3v) is 9.34. The molecule has 1 saturated carbocycles. The number of likely N-dealkylation sites (tertiary alicyclic amines) is 2. The highest BCUT2D eigenvalue weighted by atomic mass is 35.5. The minimum atomic E-state index is -0.791. The quantitative estimate of drug-likeness (QED) is 0.451. The van der Waals surface area contributed by atoms with E-state index < -0.39 is 17.6 Å². The van der Waals surface area contributed by atoms with Gasteiger partial charge in [0.2, 0.25) is 11.9 Å². The summed E-state index contributed by atoms with van der Waals surface area (Å²) in [7, 11) is 0. The zero-order valence-corrected chi connectivity index (χ0v) is 24.0. The number of carbonyl (C=O) groups is 1. The normalized spacial score (nSPS) is 24.3. The molecule has 1 aromatic carbocycles. The molecule has 4 aliphatic rings. The maximum atomic E-state index is 14.7. The SMILES string of the molecule is Cl.O=C(CN1CCC2(CCNC2)CC1)N1CCC(N[C@@H]2C[C@H]2c2cc(F)cc(F)c2OCc2cccnc2F)CC1. The van der Waals surface area contributed by atoms with Crippen LogP contribution in [0.2, 0.25) is 0 Å². The van der Waals surface area contributed by atoms with Crippen molar-refractivity contribution in [1.82, 2.24) is 25.4 Å². The summed E-state index contributed by atoms with van der Waals surface area (Å²) in [5, 5.41) is 7.13. The number of aromatic nitrogens is 1. The Morgan fingerprint density at radius 3 is 2.61 bits per heavy atom. The standard InChI is InChI=1S/C30H38F3N5O2.ClH/c31-21-14-24(28(25(32)15-21)40-18-20-2-1-8-35-29(20)33)23-16-26(23)36-22-3-10-38(11-4-22)27(39)17-37-12-6-30(7-13-37)5-9-34-19-30;/h1-2,8,14-15,22-23,26,34,36H,3-7,9-13,16-19H2;1H/t23-,26+;/m0./s1. The average Bonchev–Trinajstić information content (AvgIpc) is 3.56. The van der Waals surface area contributed by atoms with Crippen molar-refractivity contribution < 1.29 is 22.7 Å². The number of hydrogen-bond donors (Lipinski definition) is 2. The van der Waals surface area contributed by atoms with E-state index in [0.29, 0.717) is 17.5 Å². The maximum absolute atomic E-state index is 14.7. The Labute approximate surface area is 245 Å². The molecule has 0 radical (unpaired) electrons. The number of halogens is 4. The number of nitrogens with zero attached hydrogens (tertiary/aromatic N) is 3. The van der Waals surface area contributed by atoms with Crippen LogP contribution >= 0.6 is 12.4 Å². The van der Waals surface area contributed by atoms with Gasteiger partial charge in [0.25, 0.3) is 0 Å². The number of hydrogen-bond acceptors (Lipinski definition) is 6. The van der Waals surface area contributed by atoms with Crippen molar-refractivity contribution >= 4 is 18.3 Å². The van der Waals surface area contributed by atoms with E-state index in [2.05, 4.69) is 20.5 Å². The highest BCUT2D eigenvalue weighted by Gasteiger charge is 2.43. The van der Waals surface area contributed by atoms with Crippen LogP contribution in [0.1, 0.15) is 55.6 Å². The van der Waals surface area contributed by atoms with Gasteiger partial charge < -0.3 is 20.3 Å². The molecule has 6 rings (SSSR count). The first kappa shape index (κ1) is 30.1. The molecule has 1 aliphatic carbocycles. The number of pyridine rings is 1. The summed E-state index contributed by atoms with van der Waals surface area (Å²) in [6.45, 7) is 5.97. The Hall–Kier alpha value is -2.40. The van der Waals surface area contributed by atoms with Crippen LogP contribution in [0.15, 0.2) is 30.5 Å². The molecule has 4 heterocycles. The molecule has 4 fully saturated rings. The lowest BCUT2D eigenvalue weighted by atomic mass is 9.78. The van der Waals surface area contributed by atoms with Crippen molar-refractivity contribution in [2.75, 3.05) is 45.8 Å². The Kier molecular flexibility index (Phi) is 9.43. The van der Waals surface area contributed by atoms with Crippen LogP contribution in [0.5, 0.6) is 5.75 Å². The van der Waals surface area contributed by atoms with Crippen LogP contribution in [0.4, 0.5) is 13.2 Å². The Morgan fingerprint density at radius 1 is 1.12 bits per heavy atom. The minimum Gasteiger partial charge on any atom is -0.485 e. The summed E-state index contributed by atoms with van der Waals surface area (Å²) in [6.07, 6.45) is 7.38. The molecule has 3 saturated heterocycles. The average molecular weight is 594 g/mol. The van der Waals surface area contributed by atoms with Crippen molar-refractivity contribution in [2.24, 2.45) is 5.41 Å². The van der Waals surface area contributed by atoms with Gasteiger partial charge in [-0.25, -0.2) is 13.8 Å². The fraction of sp³-hybridized carbons (Fsp3) is 0.600. The number of piperidine rings is 2. The van der Waals surface area contributed by atoms with Gasteiger partial charge in [0.15, 0.2) is 11.6 Å². The van der Waals surface area contributed by atoms with Crippen molar-refractivity contribution in [3.8, 4) is 5.75 Å². The van der Waals surface area contributed by atoms with Crippen molar-refractivity contribution in [2.45, 2.75) is 63.1 Å². The van der Waals surface area contributed by atoms with Crippen LogP contribution in [-0.4, -0.2) is 78.6 Å². The van der Waals surface area contributed by atoms with Gasteiger partial charge in [0.05, 0.1) is 6.54 Å². The number of nitrogens with one attached hydrogen (secondary N) is 2. The van der Waals surface area contributed by atoms with Crippen molar-refractivity contribution in [3.05, 3.63) is 59.2 Å². The molecule has 41 heavy (non-hydrogen) atoms. The number of ether oxygens (including phenoxy) is 1. The maximum Gasteiger partial charge on any atom is 0.236 e. The van der Waals surface area contributed by atoms with Gasteiger partial charge in [0, 0.05) is 61.0 Å². The number of rotatable bonds is 8. The predicted molar refractivity (Wildman–Crippen MR) is 152 cm³/mol. The second-order valence-corrected chi connectivity index (χ2v) is 12.0. The van der Waals surface area contributed by atoms with Gasteiger partial charge in [-0.2, -0.15) is 4.39 Å². The van der Waals surface area contributed by atoms with Gasteiger partial charge in [-0.1, -0.05) is 0 Å². The van der Waals surface area contributed by atoms with E-state index in [1.807, 2.05) is 4.90 Å². The predicted octanol–water partition coefficient (Wildman–Crippen LogP) is 4.01. The third-order valence-electron chi connectivity index (χ3n) is 9.34. The molecule has 0 bridgehead atoms. The number of benzene rings is 1. The topological polar surface area (TPSA) is 69.7 Å². The summed E-state index contributed by atoms with van der Waals surface area (Å²) < 4.78 is 48.4. The van der Waals surface area contributed by atoms with Gasteiger partial charge in [0.1, 0.15) is 12.4 Å². The second-order valence-electron chi connectivity index (χ2n) is 12.0. The van der Waals surface area contributed by atoms with E-state index in [-0.39, 0.29) is 54.2 Å². The van der Waals surface area contributed by atoms with Gasteiger partial charge >= 0.3 is 0 Å². The molecule has 0 unspecified atom stereocenters. The first-order valence-electron chi connectivity index (χ1n) is 14.6. The minimum absolute atomic E-state index is 0. The fourth-order valence-electron chi connectivity index (χ4n) is 6.71. The fourth-order valence-corrected chi connectivity index (χ4v) is 6.71. The lowest BCUT2D eigenvalue weighted by Gasteiger charge is -2.40. The van der Waals surface area contributed by atoms with Gasteiger partial charge in [-0.15, -0.1) is 12.4 Å². The van der Waals surface area contributed by atoms with Crippen LogP contribution in [0.25, 0.3) is 0 Å². The van der Waals surface area contributed by atoms with Crippen molar-refractivity contribution in [1.29, 1.82) is 0 Å². The first-order chi connectivity index (χ1) is 19.4. The highest BCUT2D eigenvalue weighted by Crippen LogP contribution is 2.46. The van der Waals surface area contributed by atoms with E-state index >= 15 is 0 Å². The molecule has 1 aromatic heterocycles. The van der Waals surface area contributed by atoms with Gasteiger partial charge in [-0.05, 0) is 81.8 Å². The van der Waals surface area contributed by atoms with Crippen LogP contribution in [-0.2, 0) is 11.4 Å². The summed E-state index contributed by atoms with van der Waals surface area (Å²) in [5.74, 6) is -2.03. The number of carbonyl (C=O) groups excluding carboxylic acids is 1. The third kappa shape index (κ3) is 6.98. The van der Waals surface area contributed by atoms with Crippen LogP contribution in [0, 0.1) is 23.0 Å². The van der Waals surface area contributed by atoms with E-state index in [0.717, 1.165) is 64.6 Å². The molecule has 2 N–H and O–H groups in total. The summed E-state index contributed by atoms with van der Waals surface area (Å²) >= 11 is 0. The lowest BCUT2D eigenvalue weighted by molar-refractivity contribution is -0.134. The Balaban J connectivity index is 0.00000337. The molecule has 224 valence electrons. The van der Waals surface area contributed by atoms with Crippen LogP contribution in [0.3, 0.4) is 0 Å². The molecule has 11 heteroatoms. The largest absolute Gasteiger partial charge is 0.485 e. The number of amides is 1. The molecular weight excluding hydrogens is 555 g/mol. The summed E-state index contributed by atoms with van der Waals surface area (Å²) in [5.41, 5.74) is 1.12. The summed E-state index contributed by atoms with van der Waals surface area (Å²) in [6, 6.07) is 5.55. The zero-order valence-electron chi connectivity index (χ0n) is 23.2. The molecule has 3 aliphatic heterocycles. The van der Waals surface area contributed by atoms with E-state index in [1.54, 1.807) is 6.07 Å². The molecular formula is C30H39ClF3N5O2. The molecule has 1 amide bonds. The summed E-state index contributed by atoms with van der Waals surface area (Å²) in [4.78, 5) is 20.9. The molecule has 2 atom stereocenters. The van der Waals surface area contributed by atoms with Crippen molar-refractivity contribution in [3.63, 3.8) is 0 Å². The monoisotopic (exact) mass is 593 g/mol. The van der Waals surface area contributed by atoms with E-state index in [1.165, 1.54) is 37.6 Å². The van der Waals surface area contributed by atoms with E-state index in [4.69, 9.17) is 4.74 Å². The highest BCUT2D eigenvalue weighted by molar-refractivity contribution is 5.85. The molecule has 1 spiro atoms. The first-order valence-corrected chi connectivity index (χ1v) is 14.6. The Bertz CT molecular complexity index is 1210. The molecule has 2 aromatic rings. The molecule has 7 nitrogen and oxygen atoms in total. The zero-order chi connectivity index (χ0) is 27.7.